The first-order chi connectivity index (χ1) is 7.43. The molecule has 3 nitrogen and oxygen atoms in total. The molecule has 5 heteroatoms. The SMILES string of the molecule is CC(c1ccc(Cl)cc1)N(C)C(=O)[C@H](C)N.Cl. The van der Waals surface area contributed by atoms with Crippen molar-refractivity contribution in [3.8, 4) is 0 Å². The smallest absolute Gasteiger partial charge is 0.239 e. The van der Waals surface area contributed by atoms with Gasteiger partial charge in [-0.15, -0.1) is 12.4 Å². The lowest BCUT2D eigenvalue weighted by molar-refractivity contribution is -0.132. The second kappa shape index (κ2) is 6.84. The molecule has 0 saturated carbocycles. The molecule has 0 heterocycles. The van der Waals surface area contributed by atoms with Gasteiger partial charge < -0.3 is 10.6 Å². The van der Waals surface area contributed by atoms with Gasteiger partial charge in [0.2, 0.25) is 5.91 Å². The number of nitrogens with two attached hydrogens (primary N) is 1. The highest BCUT2D eigenvalue weighted by atomic mass is 35.5. The number of nitrogens with zero attached hydrogens (tertiary/aromatic N) is 1. The number of benzene rings is 1. The Balaban J connectivity index is 0.00000256. The van der Waals surface area contributed by atoms with Gasteiger partial charge in [-0.2, -0.15) is 0 Å². The van der Waals surface area contributed by atoms with Crippen molar-refractivity contribution in [2.45, 2.75) is 25.9 Å². The summed E-state index contributed by atoms with van der Waals surface area (Å²) in [7, 11) is 1.75. The molecule has 1 aromatic rings. The molecular formula is C12H18Cl2N2O. The second-order valence-electron chi connectivity index (χ2n) is 3.97. The van der Waals surface area contributed by atoms with E-state index in [9.17, 15) is 4.79 Å². The van der Waals surface area contributed by atoms with Crippen LogP contribution in [0.15, 0.2) is 24.3 Å². The van der Waals surface area contributed by atoms with E-state index >= 15 is 0 Å². The number of hydrogen-bond donors (Lipinski definition) is 1. The van der Waals surface area contributed by atoms with Crippen molar-refractivity contribution >= 4 is 29.9 Å². The Labute approximate surface area is 113 Å². The van der Waals surface area contributed by atoms with Crippen LogP contribution in [0, 0.1) is 0 Å². The minimum absolute atomic E-state index is 0. The summed E-state index contributed by atoms with van der Waals surface area (Å²) >= 11 is 5.81. The Morgan fingerprint density at radius 1 is 1.29 bits per heavy atom. The van der Waals surface area contributed by atoms with E-state index in [1.165, 1.54) is 0 Å². The monoisotopic (exact) mass is 276 g/mol. The number of halogens is 2. The maximum absolute atomic E-state index is 11.7. The maximum Gasteiger partial charge on any atom is 0.239 e. The molecule has 0 spiro atoms. The fraction of sp³-hybridized carbons (Fsp3) is 0.417. The van der Waals surface area contributed by atoms with Crippen LogP contribution in [-0.2, 0) is 4.79 Å². The lowest BCUT2D eigenvalue weighted by atomic mass is 10.1. The average Bonchev–Trinajstić information content (AvgIpc) is 2.27. The summed E-state index contributed by atoms with van der Waals surface area (Å²) in [6.45, 7) is 3.65. The average molecular weight is 277 g/mol. The molecule has 0 radical (unpaired) electrons. The minimum Gasteiger partial charge on any atom is -0.338 e. The first-order valence-electron chi connectivity index (χ1n) is 5.21. The van der Waals surface area contributed by atoms with Crippen LogP contribution in [0.1, 0.15) is 25.5 Å². The second-order valence-corrected chi connectivity index (χ2v) is 4.40. The van der Waals surface area contributed by atoms with Gasteiger partial charge in [0, 0.05) is 12.1 Å². The van der Waals surface area contributed by atoms with E-state index in [0.29, 0.717) is 5.02 Å². The predicted molar refractivity (Wildman–Crippen MR) is 73.5 cm³/mol. The number of amides is 1. The van der Waals surface area contributed by atoms with Gasteiger partial charge in [-0.05, 0) is 31.5 Å². The fourth-order valence-corrected chi connectivity index (χ4v) is 1.60. The number of hydrogen-bond acceptors (Lipinski definition) is 2. The molecule has 0 aliphatic carbocycles. The van der Waals surface area contributed by atoms with Crippen molar-refractivity contribution < 1.29 is 4.79 Å². The number of rotatable bonds is 3. The molecule has 0 fully saturated rings. The topological polar surface area (TPSA) is 46.3 Å². The van der Waals surface area contributed by atoms with Crippen LogP contribution >= 0.6 is 24.0 Å². The predicted octanol–water partition coefficient (Wildman–Crippen LogP) is 2.63. The number of carbonyl (C=O) groups excluding carboxylic acids is 1. The van der Waals surface area contributed by atoms with E-state index in [-0.39, 0.29) is 24.4 Å². The molecule has 1 amide bonds. The summed E-state index contributed by atoms with van der Waals surface area (Å²) in [4.78, 5) is 13.3. The third-order valence-electron chi connectivity index (χ3n) is 2.67. The normalized spacial score (nSPS) is 13.5. The first-order valence-corrected chi connectivity index (χ1v) is 5.59. The van der Waals surface area contributed by atoms with Crippen LogP contribution in [0.2, 0.25) is 5.02 Å². The van der Waals surface area contributed by atoms with Gasteiger partial charge in [-0.25, -0.2) is 0 Å². The van der Waals surface area contributed by atoms with E-state index in [4.69, 9.17) is 17.3 Å². The third kappa shape index (κ3) is 4.19. The summed E-state index contributed by atoms with van der Waals surface area (Å²) in [5.41, 5.74) is 6.61. The van der Waals surface area contributed by atoms with Crippen molar-refractivity contribution in [3.63, 3.8) is 0 Å². The quantitative estimate of drug-likeness (QED) is 0.923. The highest BCUT2D eigenvalue weighted by molar-refractivity contribution is 6.30. The lowest BCUT2D eigenvalue weighted by Gasteiger charge is -2.26. The highest BCUT2D eigenvalue weighted by Crippen LogP contribution is 2.21. The number of likely N-dealkylation sites (N-methyl/N-ethyl adjacent to an activating group) is 1. The molecular weight excluding hydrogens is 259 g/mol. The fourth-order valence-electron chi connectivity index (χ4n) is 1.48. The van der Waals surface area contributed by atoms with Crippen LogP contribution in [0.4, 0.5) is 0 Å². The highest BCUT2D eigenvalue weighted by Gasteiger charge is 2.19. The molecule has 2 N–H and O–H groups in total. The summed E-state index contributed by atoms with van der Waals surface area (Å²) in [5.74, 6) is -0.0672. The Kier molecular flexibility index (Phi) is 6.53. The largest absolute Gasteiger partial charge is 0.338 e. The van der Waals surface area contributed by atoms with E-state index in [1.807, 2.05) is 31.2 Å². The Morgan fingerprint density at radius 2 is 1.76 bits per heavy atom. The van der Waals surface area contributed by atoms with Crippen LogP contribution in [0.25, 0.3) is 0 Å². The molecule has 17 heavy (non-hydrogen) atoms. The molecule has 1 aromatic carbocycles. The van der Waals surface area contributed by atoms with Crippen LogP contribution in [-0.4, -0.2) is 23.9 Å². The molecule has 0 aliphatic heterocycles. The Bertz CT molecular complexity index is 365. The molecule has 96 valence electrons. The summed E-state index contributed by atoms with van der Waals surface area (Å²) in [6.07, 6.45) is 0. The summed E-state index contributed by atoms with van der Waals surface area (Å²) in [5, 5.41) is 0.692. The molecule has 1 unspecified atom stereocenters. The zero-order valence-electron chi connectivity index (χ0n) is 10.2. The Hall–Kier alpha value is -0.770. The number of carbonyl (C=O) groups is 1. The van der Waals surface area contributed by atoms with Crippen molar-refractivity contribution in [3.05, 3.63) is 34.9 Å². The van der Waals surface area contributed by atoms with E-state index in [0.717, 1.165) is 5.56 Å². The van der Waals surface area contributed by atoms with Crippen molar-refractivity contribution in [1.82, 2.24) is 4.90 Å². The van der Waals surface area contributed by atoms with Gasteiger partial charge >= 0.3 is 0 Å². The van der Waals surface area contributed by atoms with Crippen LogP contribution < -0.4 is 5.73 Å². The molecule has 0 aromatic heterocycles. The molecule has 2 atom stereocenters. The van der Waals surface area contributed by atoms with Gasteiger partial charge in [0.15, 0.2) is 0 Å². The Morgan fingerprint density at radius 3 is 2.18 bits per heavy atom. The van der Waals surface area contributed by atoms with Gasteiger partial charge in [0.1, 0.15) is 0 Å². The molecule has 0 aliphatic rings. The third-order valence-corrected chi connectivity index (χ3v) is 2.92. The van der Waals surface area contributed by atoms with Gasteiger partial charge in [-0.3, -0.25) is 4.79 Å². The van der Waals surface area contributed by atoms with Crippen molar-refractivity contribution in [2.24, 2.45) is 5.73 Å². The molecule has 0 saturated heterocycles. The van der Waals surface area contributed by atoms with Gasteiger partial charge in [0.05, 0.1) is 12.1 Å². The van der Waals surface area contributed by atoms with Crippen LogP contribution in [0.3, 0.4) is 0 Å². The van der Waals surface area contributed by atoms with Crippen molar-refractivity contribution in [1.29, 1.82) is 0 Å². The zero-order valence-corrected chi connectivity index (χ0v) is 11.8. The van der Waals surface area contributed by atoms with Crippen LogP contribution in [0.5, 0.6) is 0 Å². The molecule has 0 bridgehead atoms. The van der Waals surface area contributed by atoms with E-state index < -0.39 is 6.04 Å². The summed E-state index contributed by atoms with van der Waals surface area (Å²) in [6, 6.07) is 6.99. The van der Waals surface area contributed by atoms with Gasteiger partial charge in [0.25, 0.3) is 0 Å². The lowest BCUT2D eigenvalue weighted by Crippen LogP contribution is -2.40. The first kappa shape index (κ1) is 16.2. The van der Waals surface area contributed by atoms with Crippen molar-refractivity contribution in [2.75, 3.05) is 7.05 Å². The van der Waals surface area contributed by atoms with E-state index in [1.54, 1.807) is 18.9 Å². The van der Waals surface area contributed by atoms with Gasteiger partial charge in [-0.1, -0.05) is 23.7 Å². The maximum atomic E-state index is 11.7. The summed E-state index contributed by atoms with van der Waals surface area (Å²) < 4.78 is 0. The zero-order chi connectivity index (χ0) is 12.3. The minimum atomic E-state index is -0.472. The van der Waals surface area contributed by atoms with E-state index in [2.05, 4.69) is 0 Å². The standard InChI is InChI=1S/C12H17ClN2O.ClH/c1-8(14)12(16)15(3)9(2)10-4-6-11(13)7-5-10;/h4-9H,14H2,1-3H3;1H/t8-,9?;/m0./s1. The molecule has 1 rings (SSSR count).